The van der Waals surface area contributed by atoms with Crippen LogP contribution in [0.1, 0.15) is 5.56 Å². The van der Waals surface area contributed by atoms with Crippen molar-refractivity contribution in [1.29, 1.82) is 0 Å². The maximum Gasteiger partial charge on any atom is 0.385 e. The topological polar surface area (TPSA) is 147 Å². The Labute approximate surface area is 342 Å². The summed E-state index contributed by atoms with van der Waals surface area (Å²) in [6, 6.07) is 14.1. The number of aliphatic hydroxyl groups excluding tert-OH is 4. The van der Waals surface area contributed by atoms with Gasteiger partial charge in [-0.15, -0.1) is 0 Å². The number of hydrogen-bond donors (Lipinski definition) is 5. The van der Waals surface area contributed by atoms with Gasteiger partial charge in [0.2, 0.25) is 5.91 Å². The zero-order valence-electron chi connectivity index (χ0n) is 31.4. The Morgan fingerprint density at radius 2 is 1.08 bits per heavy atom. The summed E-state index contributed by atoms with van der Waals surface area (Å²) in [5.41, 5.74) is -0.0735. The first-order valence-corrected chi connectivity index (χ1v) is 18.0. The van der Waals surface area contributed by atoms with Crippen LogP contribution >= 0.6 is 0 Å². The molecule has 5 N–H and O–H groups in total. The average Bonchev–Trinajstić information content (AvgIpc) is 3.21. The summed E-state index contributed by atoms with van der Waals surface area (Å²) in [5.74, 6) is -65.0. The number of carbonyl (C=O) groups is 1. The fourth-order valence-electron chi connectivity index (χ4n) is 6.53. The van der Waals surface area contributed by atoms with E-state index in [0.717, 1.165) is 0 Å². The van der Waals surface area contributed by atoms with Gasteiger partial charge in [-0.25, -0.2) is 0 Å². The summed E-state index contributed by atoms with van der Waals surface area (Å²) < 4.78 is 250. The predicted molar refractivity (Wildman–Crippen MR) is 183 cm³/mol. The second-order valence-corrected chi connectivity index (χ2v) is 14.3. The van der Waals surface area contributed by atoms with Gasteiger partial charge < -0.3 is 44.7 Å². The Balaban J connectivity index is 1.21. The summed E-state index contributed by atoms with van der Waals surface area (Å²) in [6.07, 6.45) is -8.82. The van der Waals surface area contributed by atoms with Crippen LogP contribution in [-0.4, -0.2) is 144 Å². The second kappa shape index (κ2) is 17.4. The Kier molecular flexibility index (Phi) is 13.8. The fraction of sp³-hybridized carbons (Fsp3) is 0.541. The van der Waals surface area contributed by atoms with E-state index in [1.165, 1.54) is 18.2 Å². The molecule has 1 fully saturated rings. The van der Waals surface area contributed by atoms with Crippen molar-refractivity contribution >= 4 is 38.2 Å². The molecule has 0 spiro atoms. The van der Waals surface area contributed by atoms with Gasteiger partial charge in [-0.2, -0.15) is 70.2 Å². The second-order valence-electron chi connectivity index (χ2n) is 14.3. The van der Waals surface area contributed by atoms with Crippen LogP contribution in [0.3, 0.4) is 0 Å². The minimum Gasteiger partial charge on any atom is -0.394 e. The van der Waals surface area contributed by atoms with Crippen molar-refractivity contribution in [3.8, 4) is 0 Å². The predicted octanol–water partition coefficient (Wildman–Crippen LogP) is 6.13. The van der Waals surface area contributed by atoms with Crippen LogP contribution in [0.2, 0.25) is 0 Å². The lowest BCUT2D eigenvalue weighted by Gasteiger charge is -2.43. The molecule has 0 aromatic heterocycles. The molecular formula is C37H33F16NO9. The summed E-state index contributed by atoms with van der Waals surface area (Å²) in [5, 5.41) is 43.4. The highest BCUT2D eigenvalue weighted by Gasteiger charge is 2.94. The molecule has 0 saturated carbocycles. The highest BCUT2D eigenvalue weighted by atomic mass is 19.4. The number of amides is 1. The van der Waals surface area contributed by atoms with E-state index in [9.17, 15) is 90.4 Å². The van der Waals surface area contributed by atoms with E-state index >= 15 is 0 Å². The van der Waals surface area contributed by atoms with Crippen LogP contribution in [0, 0.1) is 0 Å². The number of ether oxygens (including phenoxy) is 4. The molecule has 1 heterocycles. The molecule has 1 aliphatic rings. The van der Waals surface area contributed by atoms with Crippen molar-refractivity contribution in [2.45, 2.75) is 84.7 Å². The fourth-order valence-corrected chi connectivity index (χ4v) is 6.53. The summed E-state index contributed by atoms with van der Waals surface area (Å²) in [7, 11) is 0. The Morgan fingerprint density at radius 1 is 0.603 bits per heavy atom. The minimum atomic E-state index is -8.67. The SMILES string of the molecule is O=C(COCC(F)(F)C(F)(F)C(F)(F)C(F)(F)C(F)(F)C(F)(F)C(F)(F)C(F)(F)COCc1ccc2ccc3cccc4ccc1c2c34)NCCO[C@H]1O[C@H](CO)[C@@H](O)[C@H](O)[C@@H]1O. The van der Waals surface area contributed by atoms with Crippen molar-refractivity contribution in [1.82, 2.24) is 5.32 Å². The molecule has 1 aliphatic heterocycles. The van der Waals surface area contributed by atoms with E-state index in [-0.39, 0.29) is 10.9 Å². The van der Waals surface area contributed by atoms with Crippen molar-refractivity contribution in [2.75, 3.05) is 39.6 Å². The molecular weight excluding hydrogens is 906 g/mol. The number of hydrogen-bond acceptors (Lipinski definition) is 9. The van der Waals surface area contributed by atoms with Crippen molar-refractivity contribution in [2.24, 2.45) is 0 Å². The molecule has 5 atom stereocenters. The maximum absolute atomic E-state index is 14.6. The summed E-state index contributed by atoms with van der Waals surface area (Å²) >= 11 is 0. The number of alkyl halides is 16. The van der Waals surface area contributed by atoms with Crippen LogP contribution in [0.4, 0.5) is 70.2 Å². The molecule has 4 aromatic rings. The van der Waals surface area contributed by atoms with Gasteiger partial charge in [0.15, 0.2) is 6.29 Å². The number of carbonyl (C=O) groups excluding carboxylic acids is 1. The normalized spacial score (nSPS) is 21.5. The highest BCUT2D eigenvalue weighted by molar-refractivity contribution is 6.23. The quantitative estimate of drug-likeness (QED) is 0.0402. The highest BCUT2D eigenvalue weighted by Crippen LogP contribution is 2.64. The van der Waals surface area contributed by atoms with Gasteiger partial charge in [-0.1, -0.05) is 54.6 Å². The van der Waals surface area contributed by atoms with E-state index in [1.807, 2.05) is 0 Å². The largest absolute Gasteiger partial charge is 0.394 e. The molecule has 5 rings (SSSR count). The van der Waals surface area contributed by atoms with Crippen LogP contribution in [-0.2, 0) is 30.3 Å². The van der Waals surface area contributed by atoms with Gasteiger partial charge in [0, 0.05) is 6.54 Å². The zero-order chi connectivity index (χ0) is 47.4. The summed E-state index contributed by atoms with van der Waals surface area (Å²) in [6.45, 7) is -11.5. The lowest BCUT2D eigenvalue weighted by atomic mass is 9.88. The molecule has 352 valence electrons. The molecule has 10 nitrogen and oxygen atoms in total. The van der Waals surface area contributed by atoms with E-state index in [2.05, 4.69) is 9.47 Å². The van der Waals surface area contributed by atoms with Gasteiger partial charge in [0.25, 0.3) is 0 Å². The maximum atomic E-state index is 14.6. The van der Waals surface area contributed by atoms with E-state index < -0.39 is 130 Å². The van der Waals surface area contributed by atoms with Gasteiger partial charge in [-0.3, -0.25) is 4.79 Å². The number of aliphatic hydroxyl groups is 4. The molecule has 0 radical (unpaired) electrons. The van der Waals surface area contributed by atoms with Gasteiger partial charge in [-0.05, 0) is 37.9 Å². The third-order valence-corrected chi connectivity index (χ3v) is 10.1. The Bertz CT molecular complexity index is 2210. The minimum absolute atomic E-state index is 0.0735. The molecule has 1 amide bonds. The first kappa shape index (κ1) is 50.0. The van der Waals surface area contributed by atoms with E-state index in [1.54, 1.807) is 41.7 Å². The van der Waals surface area contributed by atoms with Crippen molar-refractivity contribution < 1.29 is 114 Å². The third kappa shape index (κ3) is 8.40. The standard InChI is InChI=1S/C37H33F16NO9/c38-30(39,15-60-13-20-7-6-19-5-4-17-2-1-3-18-8-9-21(20)25(19)24(17)18)32(42,43)34(46,47)36(50,51)37(52,53)35(48,49)33(44,45)31(40,41)16-61-14-23(56)54-10-11-62-29-28(59)27(58)26(57)22(12-55)63-29/h1-9,22,26-29,55,57-59H,10-16H2,(H,54,56)/t22-,26-,27+,28+,29+/m1/s1. The third-order valence-electron chi connectivity index (χ3n) is 10.1. The Hall–Kier alpha value is -4.05. The lowest BCUT2D eigenvalue weighted by Crippen LogP contribution is -2.75. The molecule has 0 aliphatic carbocycles. The summed E-state index contributed by atoms with van der Waals surface area (Å²) in [4.78, 5) is 11.8. The lowest BCUT2D eigenvalue weighted by molar-refractivity contribution is -0.455. The molecule has 63 heavy (non-hydrogen) atoms. The van der Waals surface area contributed by atoms with Gasteiger partial charge in [0.1, 0.15) is 44.2 Å². The average molecular weight is 940 g/mol. The molecule has 4 aromatic carbocycles. The Morgan fingerprint density at radius 3 is 1.62 bits per heavy atom. The van der Waals surface area contributed by atoms with E-state index in [4.69, 9.17) is 14.6 Å². The van der Waals surface area contributed by atoms with Gasteiger partial charge in [0.05, 0.1) is 19.8 Å². The van der Waals surface area contributed by atoms with Crippen molar-refractivity contribution in [3.05, 3.63) is 60.2 Å². The number of rotatable bonds is 20. The molecule has 0 bridgehead atoms. The number of nitrogens with one attached hydrogen (secondary N) is 1. The van der Waals surface area contributed by atoms with Gasteiger partial charge >= 0.3 is 47.4 Å². The molecule has 0 unspecified atom stereocenters. The van der Waals surface area contributed by atoms with Crippen LogP contribution in [0.5, 0.6) is 0 Å². The van der Waals surface area contributed by atoms with Crippen molar-refractivity contribution in [3.63, 3.8) is 0 Å². The molecule has 26 heteroatoms. The first-order chi connectivity index (χ1) is 28.9. The zero-order valence-corrected chi connectivity index (χ0v) is 31.4. The van der Waals surface area contributed by atoms with E-state index in [0.29, 0.717) is 26.9 Å². The first-order valence-electron chi connectivity index (χ1n) is 18.0. The number of benzene rings is 4. The van der Waals surface area contributed by atoms with Crippen LogP contribution in [0.15, 0.2) is 54.6 Å². The monoisotopic (exact) mass is 939 g/mol. The van der Waals surface area contributed by atoms with Crippen LogP contribution in [0.25, 0.3) is 32.3 Å². The van der Waals surface area contributed by atoms with Crippen LogP contribution < -0.4 is 5.32 Å². The number of halogens is 16. The molecule has 1 saturated heterocycles. The smallest absolute Gasteiger partial charge is 0.385 e.